The molecule has 2 rings (SSSR count). The van der Waals surface area contributed by atoms with Crippen LogP contribution in [0.5, 0.6) is 5.75 Å². The largest absolute Gasteiger partial charge is 0.496 e. The van der Waals surface area contributed by atoms with Crippen LogP contribution in [-0.2, 0) is 0 Å². The van der Waals surface area contributed by atoms with Crippen molar-refractivity contribution in [3.8, 4) is 5.75 Å². The fourth-order valence-electron chi connectivity index (χ4n) is 2.78. The Labute approximate surface area is 121 Å². The van der Waals surface area contributed by atoms with Crippen molar-refractivity contribution in [1.82, 2.24) is 10.2 Å². The molecule has 0 spiro atoms. The molecule has 0 aliphatic carbocycles. The quantitative estimate of drug-likeness (QED) is 0.867. The average Bonchev–Trinajstić information content (AvgIpc) is 3.02. The van der Waals surface area contributed by atoms with Gasteiger partial charge in [0, 0.05) is 12.6 Å². The topological polar surface area (TPSA) is 41.6 Å². The molecule has 1 aliphatic rings. The predicted octanol–water partition coefficient (Wildman–Crippen LogP) is 2.30. The molecule has 0 aromatic heterocycles. The Morgan fingerprint density at radius 2 is 2.05 bits per heavy atom. The summed E-state index contributed by atoms with van der Waals surface area (Å²) in [6.07, 6.45) is 3.61. The van der Waals surface area contributed by atoms with E-state index in [1.165, 1.54) is 12.8 Å². The SMILES string of the molecule is CCC(CNC(=O)c1ccccc1OC)N1CCCC1. The second-order valence-corrected chi connectivity index (χ2v) is 5.22. The van der Waals surface area contributed by atoms with Gasteiger partial charge in [0.05, 0.1) is 12.7 Å². The second kappa shape index (κ2) is 7.29. The molecule has 110 valence electrons. The first kappa shape index (κ1) is 14.9. The van der Waals surface area contributed by atoms with Crippen LogP contribution < -0.4 is 10.1 Å². The summed E-state index contributed by atoms with van der Waals surface area (Å²) < 4.78 is 5.23. The van der Waals surface area contributed by atoms with E-state index in [2.05, 4.69) is 17.1 Å². The summed E-state index contributed by atoms with van der Waals surface area (Å²) in [5.74, 6) is 0.569. The van der Waals surface area contributed by atoms with Crippen molar-refractivity contribution in [2.24, 2.45) is 0 Å². The van der Waals surface area contributed by atoms with E-state index in [1.54, 1.807) is 13.2 Å². The first-order valence-electron chi connectivity index (χ1n) is 7.41. The van der Waals surface area contributed by atoms with Gasteiger partial charge in [0.2, 0.25) is 0 Å². The number of hydrogen-bond donors (Lipinski definition) is 1. The van der Waals surface area contributed by atoms with Crippen LogP contribution in [-0.4, -0.2) is 43.6 Å². The highest BCUT2D eigenvalue weighted by Crippen LogP contribution is 2.17. The maximum Gasteiger partial charge on any atom is 0.255 e. The summed E-state index contributed by atoms with van der Waals surface area (Å²) in [6, 6.07) is 7.78. The van der Waals surface area contributed by atoms with Crippen molar-refractivity contribution in [3.05, 3.63) is 29.8 Å². The summed E-state index contributed by atoms with van der Waals surface area (Å²) >= 11 is 0. The minimum atomic E-state index is -0.0555. The molecule has 1 heterocycles. The third-order valence-corrected chi connectivity index (χ3v) is 3.98. The Balaban J connectivity index is 1.93. The second-order valence-electron chi connectivity index (χ2n) is 5.22. The lowest BCUT2D eigenvalue weighted by Gasteiger charge is -2.26. The van der Waals surface area contributed by atoms with Crippen molar-refractivity contribution in [1.29, 1.82) is 0 Å². The number of nitrogens with one attached hydrogen (secondary N) is 1. The molecule has 0 saturated carbocycles. The molecule has 0 bridgehead atoms. The zero-order valence-electron chi connectivity index (χ0n) is 12.4. The van der Waals surface area contributed by atoms with Gasteiger partial charge in [-0.25, -0.2) is 0 Å². The lowest BCUT2D eigenvalue weighted by Crippen LogP contribution is -2.42. The molecular weight excluding hydrogens is 252 g/mol. The first-order chi connectivity index (χ1) is 9.76. The number of likely N-dealkylation sites (tertiary alicyclic amines) is 1. The van der Waals surface area contributed by atoms with E-state index in [0.29, 0.717) is 23.9 Å². The van der Waals surface area contributed by atoms with Crippen molar-refractivity contribution >= 4 is 5.91 Å². The third-order valence-electron chi connectivity index (χ3n) is 3.98. The first-order valence-corrected chi connectivity index (χ1v) is 7.41. The predicted molar refractivity (Wildman–Crippen MR) is 80.2 cm³/mol. The molecule has 1 unspecified atom stereocenters. The van der Waals surface area contributed by atoms with E-state index in [9.17, 15) is 4.79 Å². The number of ether oxygens (including phenoxy) is 1. The standard InChI is InChI=1S/C16H24N2O2/c1-3-13(18-10-6-7-11-18)12-17-16(19)14-8-4-5-9-15(14)20-2/h4-5,8-9,13H,3,6-7,10-12H2,1-2H3,(H,17,19). The molecule has 0 radical (unpaired) electrons. The van der Waals surface area contributed by atoms with Crippen LogP contribution in [0.3, 0.4) is 0 Å². The number of nitrogens with zero attached hydrogens (tertiary/aromatic N) is 1. The van der Waals surface area contributed by atoms with Gasteiger partial charge >= 0.3 is 0 Å². The van der Waals surface area contributed by atoms with Crippen LogP contribution in [0.25, 0.3) is 0 Å². The van der Waals surface area contributed by atoms with Gasteiger partial charge in [0.1, 0.15) is 5.75 Å². The maximum absolute atomic E-state index is 12.3. The van der Waals surface area contributed by atoms with Crippen LogP contribution in [0.4, 0.5) is 0 Å². The van der Waals surface area contributed by atoms with Gasteiger partial charge in [-0.1, -0.05) is 19.1 Å². The van der Waals surface area contributed by atoms with Gasteiger partial charge in [-0.2, -0.15) is 0 Å². The van der Waals surface area contributed by atoms with Crippen molar-refractivity contribution in [2.75, 3.05) is 26.7 Å². The molecule has 1 amide bonds. The lowest BCUT2D eigenvalue weighted by molar-refractivity contribution is 0.0934. The molecule has 4 heteroatoms. The molecule has 1 aromatic rings. The van der Waals surface area contributed by atoms with E-state index >= 15 is 0 Å². The Hall–Kier alpha value is -1.55. The number of benzene rings is 1. The Morgan fingerprint density at radius 1 is 1.35 bits per heavy atom. The molecule has 1 N–H and O–H groups in total. The van der Waals surface area contributed by atoms with E-state index in [4.69, 9.17) is 4.74 Å². The normalized spacial score (nSPS) is 16.9. The molecule has 20 heavy (non-hydrogen) atoms. The Morgan fingerprint density at radius 3 is 2.70 bits per heavy atom. The Kier molecular flexibility index (Phi) is 5.41. The van der Waals surface area contributed by atoms with E-state index in [-0.39, 0.29) is 5.91 Å². The van der Waals surface area contributed by atoms with Gasteiger partial charge in [-0.3, -0.25) is 9.69 Å². The van der Waals surface area contributed by atoms with Crippen molar-refractivity contribution < 1.29 is 9.53 Å². The molecule has 1 fully saturated rings. The smallest absolute Gasteiger partial charge is 0.255 e. The van der Waals surface area contributed by atoms with Crippen molar-refractivity contribution in [2.45, 2.75) is 32.2 Å². The summed E-state index contributed by atoms with van der Waals surface area (Å²) in [4.78, 5) is 14.7. The monoisotopic (exact) mass is 276 g/mol. The molecule has 1 aromatic carbocycles. The van der Waals surface area contributed by atoms with Gasteiger partial charge in [0.15, 0.2) is 0 Å². The molecule has 1 aliphatic heterocycles. The highest BCUT2D eigenvalue weighted by Gasteiger charge is 2.21. The minimum Gasteiger partial charge on any atom is -0.496 e. The third kappa shape index (κ3) is 3.51. The zero-order chi connectivity index (χ0) is 14.4. The summed E-state index contributed by atoms with van der Waals surface area (Å²) in [6.45, 7) is 5.19. The van der Waals surface area contributed by atoms with Gasteiger partial charge < -0.3 is 10.1 Å². The van der Waals surface area contributed by atoms with E-state index < -0.39 is 0 Å². The lowest BCUT2D eigenvalue weighted by atomic mass is 10.1. The molecular formula is C16H24N2O2. The fraction of sp³-hybridized carbons (Fsp3) is 0.562. The van der Waals surface area contributed by atoms with Gasteiger partial charge in [-0.05, 0) is 44.5 Å². The van der Waals surface area contributed by atoms with Crippen molar-refractivity contribution in [3.63, 3.8) is 0 Å². The number of methoxy groups -OCH3 is 1. The minimum absolute atomic E-state index is 0.0555. The summed E-state index contributed by atoms with van der Waals surface area (Å²) in [5.41, 5.74) is 0.603. The molecule has 4 nitrogen and oxygen atoms in total. The zero-order valence-corrected chi connectivity index (χ0v) is 12.4. The number of carbonyl (C=O) groups excluding carboxylic acids is 1. The van der Waals surface area contributed by atoms with Crippen LogP contribution >= 0.6 is 0 Å². The number of rotatable bonds is 6. The number of carbonyl (C=O) groups is 1. The number of hydrogen-bond acceptors (Lipinski definition) is 3. The van der Waals surface area contributed by atoms with Crippen LogP contribution in [0.15, 0.2) is 24.3 Å². The van der Waals surface area contributed by atoms with Crippen LogP contribution in [0, 0.1) is 0 Å². The van der Waals surface area contributed by atoms with Crippen LogP contribution in [0.1, 0.15) is 36.5 Å². The summed E-state index contributed by atoms with van der Waals surface area (Å²) in [5, 5.41) is 3.04. The van der Waals surface area contributed by atoms with E-state index in [0.717, 1.165) is 19.5 Å². The molecule has 1 atom stereocenters. The van der Waals surface area contributed by atoms with E-state index in [1.807, 2.05) is 18.2 Å². The van der Waals surface area contributed by atoms with Gasteiger partial charge in [-0.15, -0.1) is 0 Å². The molecule has 1 saturated heterocycles. The fourth-order valence-corrected chi connectivity index (χ4v) is 2.78. The summed E-state index contributed by atoms with van der Waals surface area (Å²) in [7, 11) is 1.59. The average molecular weight is 276 g/mol. The number of amides is 1. The van der Waals surface area contributed by atoms with Crippen LogP contribution in [0.2, 0.25) is 0 Å². The maximum atomic E-state index is 12.3. The Bertz CT molecular complexity index is 442. The number of para-hydroxylation sites is 1. The highest BCUT2D eigenvalue weighted by atomic mass is 16.5. The highest BCUT2D eigenvalue weighted by molar-refractivity contribution is 5.96. The van der Waals surface area contributed by atoms with Gasteiger partial charge in [0.25, 0.3) is 5.91 Å².